The van der Waals surface area contributed by atoms with Crippen molar-refractivity contribution in [3.63, 3.8) is 0 Å². The molecule has 0 amide bonds. The van der Waals surface area contributed by atoms with Crippen LogP contribution in [0.1, 0.15) is 12.0 Å². The molecule has 0 saturated carbocycles. The number of imidazole rings is 1. The minimum Gasteiger partial charge on any atom is -0.492 e. The lowest BCUT2D eigenvalue weighted by molar-refractivity contribution is 0.310. The summed E-state index contributed by atoms with van der Waals surface area (Å²) >= 11 is 0. The van der Waals surface area contributed by atoms with Crippen LogP contribution in [0.15, 0.2) is 79.1 Å². The predicted molar refractivity (Wildman–Crippen MR) is 134 cm³/mol. The molecule has 0 spiro atoms. The number of para-hydroxylation sites is 1. The molecule has 3 aromatic heterocycles. The Hall–Kier alpha value is -4.45. The van der Waals surface area contributed by atoms with E-state index >= 15 is 0 Å². The minimum atomic E-state index is 0.637. The van der Waals surface area contributed by atoms with Crippen LogP contribution in [0.4, 0.5) is 0 Å². The Bertz CT molecular complexity index is 1680. The zero-order valence-corrected chi connectivity index (χ0v) is 18.4. The van der Waals surface area contributed by atoms with E-state index in [1.54, 1.807) is 6.20 Å². The fourth-order valence-corrected chi connectivity index (χ4v) is 4.77. The molecule has 2 N–H and O–H groups in total. The molecule has 0 atom stereocenters. The highest BCUT2D eigenvalue weighted by Gasteiger charge is 2.16. The van der Waals surface area contributed by atoms with Gasteiger partial charge in [-0.3, -0.25) is 10.1 Å². The maximum Gasteiger partial charge on any atom is 0.159 e. The zero-order chi connectivity index (χ0) is 22.5. The molecule has 6 heteroatoms. The summed E-state index contributed by atoms with van der Waals surface area (Å²) in [6, 6.07) is 23.3. The van der Waals surface area contributed by atoms with Gasteiger partial charge in [0, 0.05) is 22.7 Å². The normalized spacial score (nSPS) is 13.2. The van der Waals surface area contributed by atoms with Crippen molar-refractivity contribution in [2.24, 2.45) is 0 Å². The highest BCUT2D eigenvalue weighted by molar-refractivity contribution is 5.98. The summed E-state index contributed by atoms with van der Waals surface area (Å²) in [4.78, 5) is 12.9. The fraction of sp³-hybridized carbons (Fsp3) is 0.107. The monoisotopic (exact) mass is 443 g/mol. The quantitative estimate of drug-likeness (QED) is 0.295. The molecule has 34 heavy (non-hydrogen) atoms. The zero-order valence-electron chi connectivity index (χ0n) is 18.4. The second-order valence-electron chi connectivity index (χ2n) is 8.68. The first-order valence-electron chi connectivity index (χ1n) is 11.5. The van der Waals surface area contributed by atoms with Crippen LogP contribution in [0.25, 0.3) is 55.7 Å². The SMILES string of the molecule is c1cc2cc(c1)-c1cccc3[nH]c(nc13)-c1n[nH]c3ccc(cc13)-c1cncc(c1)OCCC2. The Kier molecular flexibility index (Phi) is 4.24. The molecule has 0 saturated heterocycles. The molecule has 0 aliphatic carbocycles. The predicted octanol–water partition coefficient (Wildman–Crippen LogP) is 6.16. The molecular formula is C28H21N5O. The molecule has 1 aliphatic heterocycles. The Balaban J connectivity index is 1.47. The third kappa shape index (κ3) is 3.15. The van der Waals surface area contributed by atoms with E-state index in [-0.39, 0.29) is 0 Å². The molecule has 6 nitrogen and oxygen atoms in total. The molecule has 0 radical (unpaired) electrons. The number of aromatic amines is 2. The molecule has 3 aromatic carbocycles. The summed E-state index contributed by atoms with van der Waals surface area (Å²) in [6.45, 7) is 0.637. The average molecular weight is 444 g/mol. The van der Waals surface area contributed by atoms with E-state index in [1.165, 1.54) is 5.56 Å². The Morgan fingerprint density at radius 1 is 0.824 bits per heavy atom. The lowest BCUT2D eigenvalue weighted by Gasteiger charge is -2.09. The van der Waals surface area contributed by atoms with E-state index < -0.39 is 0 Å². The van der Waals surface area contributed by atoms with E-state index in [0.717, 1.165) is 74.3 Å². The van der Waals surface area contributed by atoms with Crippen LogP contribution >= 0.6 is 0 Å². The van der Waals surface area contributed by atoms with Gasteiger partial charge in [-0.25, -0.2) is 4.98 Å². The van der Waals surface area contributed by atoms with E-state index in [0.29, 0.717) is 6.61 Å². The number of aryl methyl sites for hydroxylation is 1. The highest BCUT2D eigenvalue weighted by Crippen LogP contribution is 2.34. The lowest BCUT2D eigenvalue weighted by atomic mass is 10.00. The van der Waals surface area contributed by atoms with Crippen molar-refractivity contribution in [1.29, 1.82) is 0 Å². The summed E-state index contributed by atoms with van der Waals surface area (Å²) < 4.78 is 6.05. The largest absolute Gasteiger partial charge is 0.492 e. The number of nitrogens with zero attached hydrogens (tertiary/aromatic N) is 3. The summed E-state index contributed by atoms with van der Waals surface area (Å²) in [7, 11) is 0. The Morgan fingerprint density at radius 3 is 2.79 bits per heavy atom. The van der Waals surface area contributed by atoms with E-state index in [2.05, 4.69) is 74.8 Å². The molecule has 0 fully saturated rings. The second kappa shape index (κ2) is 7.56. The van der Waals surface area contributed by atoms with Gasteiger partial charge in [0.1, 0.15) is 11.4 Å². The first-order valence-corrected chi connectivity index (χ1v) is 11.5. The molecule has 7 rings (SSSR count). The number of hydrogen-bond donors (Lipinski definition) is 2. The summed E-state index contributed by atoms with van der Waals surface area (Å²) in [6.07, 6.45) is 5.51. The second-order valence-corrected chi connectivity index (χ2v) is 8.68. The Morgan fingerprint density at radius 2 is 1.79 bits per heavy atom. The number of rotatable bonds is 0. The van der Waals surface area contributed by atoms with Gasteiger partial charge in [-0.2, -0.15) is 5.10 Å². The fourth-order valence-electron chi connectivity index (χ4n) is 4.77. The molecule has 0 unspecified atom stereocenters. The van der Waals surface area contributed by atoms with Gasteiger partial charge >= 0.3 is 0 Å². The standard InChI is InChI=1S/C28H21N5O/c1-4-17-5-3-11-34-21-13-20(15-29-16-21)18-9-10-24-23(14-18)27(33-32-24)28-30-25-8-2-7-22(26(25)31-28)19(6-1)12-17/h1-2,4,6-10,12-16H,3,5,11H2,(H,30,31)(H,32,33). The van der Waals surface area contributed by atoms with Crippen LogP contribution in [0.5, 0.6) is 5.75 Å². The van der Waals surface area contributed by atoms with Crippen LogP contribution in [-0.4, -0.2) is 31.8 Å². The maximum atomic E-state index is 6.05. The van der Waals surface area contributed by atoms with Gasteiger partial charge in [0.15, 0.2) is 5.82 Å². The van der Waals surface area contributed by atoms with E-state index in [9.17, 15) is 0 Å². The highest BCUT2D eigenvalue weighted by atomic mass is 16.5. The van der Waals surface area contributed by atoms with E-state index in [1.807, 2.05) is 18.3 Å². The van der Waals surface area contributed by atoms with Crippen LogP contribution < -0.4 is 4.74 Å². The molecular weight excluding hydrogens is 422 g/mol. The first-order chi connectivity index (χ1) is 16.8. The smallest absolute Gasteiger partial charge is 0.159 e. The molecule has 1 aliphatic rings. The molecule has 6 aromatic rings. The van der Waals surface area contributed by atoms with Crippen LogP contribution in [0.3, 0.4) is 0 Å². The van der Waals surface area contributed by atoms with Crippen LogP contribution in [-0.2, 0) is 6.42 Å². The lowest BCUT2D eigenvalue weighted by Crippen LogP contribution is -2.00. The van der Waals surface area contributed by atoms with Crippen molar-refractivity contribution < 1.29 is 4.74 Å². The maximum absolute atomic E-state index is 6.05. The van der Waals surface area contributed by atoms with Gasteiger partial charge in [0.2, 0.25) is 0 Å². The molecule has 164 valence electrons. The number of aromatic nitrogens is 5. The van der Waals surface area contributed by atoms with Crippen molar-refractivity contribution in [1.82, 2.24) is 25.1 Å². The van der Waals surface area contributed by atoms with Crippen molar-refractivity contribution in [3.8, 4) is 39.5 Å². The Labute approximate surface area is 195 Å². The third-order valence-electron chi connectivity index (χ3n) is 6.46. The average Bonchev–Trinajstić information content (AvgIpc) is 3.50. The first kappa shape index (κ1) is 19.1. The van der Waals surface area contributed by atoms with Gasteiger partial charge in [0.25, 0.3) is 0 Å². The minimum absolute atomic E-state index is 0.637. The van der Waals surface area contributed by atoms with Crippen molar-refractivity contribution >= 4 is 21.9 Å². The molecule has 4 heterocycles. The van der Waals surface area contributed by atoms with Gasteiger partial charge < -0.3 is 9.72 Å². The number of nitrogens with one attached hydrogen (secondary N) is 2. The van der Waals surface area contributed by atoms with Crippen molar-refractivity contribution in [2.45, 2.75) is 12.8 Å². The van der Waals surface area contributed by atoms with Crippen LogP contribution in [0.2, 0.25) is 0 Å². The topological polar surface area (TPSA) is 79.5 Å². The van der Waals surface area contributed by atoms with Crippen molar-refractivity contribution in [3.05, 3.63) is 84.7 Å². The number of fused-ring (bicyclic) bond motifs is 9. The number of ether oxygens (including phenoxy) is 1. The number of H-pyrrole nitrogens is 2. The summed E-state index contributed by atoms with van der Waals surface area (Å²) in [5.74, 6) is 1.53. The van der Waals surface area contributed by atoms with Gasteiger partial charge in [0.05, 0.1) is 29.4 Å². The van der Waals surface area contributed by atoms with Crippen molar-refractivity contribution in [2.75, 3.05) is 6.61 Å². The summed E-state index contributed by atoms with van der Waals surface area (Å²) in [5.41, 5.74) is 9.32. The van der Waals surface area contributed by atoms with Gasteiger partial charge in [-0.05, 0) is 53.8 Å². The number of benzene rings is 3. The van der Waals surface area contributed by atoms with Gasteiger partial charge in [-0.15, -0.1) is 0 Å². The van der Waals surface area contributed by atoms with E-state index in [4.69, 9.17) is 9.72 Å². The van der Waals surface area contributed by atoms with Gasteiger partial charge in [-0.1, -0.05) is 42.5 Å². The number of hydrogen-bond acceptors (Lipinski definition) is 4. The van der Waals surface area contributed by atoms with Crippen LogP contribution in [0, 0.1) is 0 Å². The molecule has 8 bridgehead atoms. The number of pyridine rings is 1. The summed E-state index contributed by atoms with van der Waals surface area (Å²) in [5, 5.41) is 8.77. The third-order valence-corrected chi connectivity index (χ3v) is 6.46.